The van der Waals surface area contributed by atoms with Crippen LogP contribution in [0, 0.1) is 0 Å². The number of morpholine rings is 1. The van der Waals surface area contributed by atoms with Gasteiger partial charge in [-0.25, -0.2) is 0 Å². The summed E-state index contributed by atoms with van der Waals surface area (Å²) in [6.45, 7) is 7.63. The van der Waals surface area contributed by atoms with Crippen molar-refractivity contribution in [1.29, 1.82) is 0 Å². The summed E-state index contributed by atoms with van der Waals surface area (Å²) in [6, 6.07) is 1.41. The van der Waals surface area contributed by atoms with Gasteiger partial charge in [-0.3, -0.25) is 9.69 Å². The number of amides is 1. The number of hydrogen-bond donors (Lipinski definition) is 1. The lowest BCUT2D eigenvalue weighted by Gasteiger charge is -2.25. The Bertz CT molecular complexity index is 675. The van der Waals surface area contributed by atoms with Crippen molar-refractivity contribution in [2.45, 2.75) is 32.9 Å². The fourth-order valence-electron chi connectivity index (χ4n) is 2.49. The highest BCUT2D eigenvalue weighted by atomic mass is 16.5. The van der Waals surface area contributed by atoms with E-state index in [0.29, 0.717) is 30.2 Å². The first-order valence-electron chi connectivity index (χ1n) is 8.16. The molecule has 2 aromatic heterocycles. The fourth-order valence-corrected chi connectivity index (χ4v) is 2.49. The summed E-state index contributed by atoms with van der Waals surface area (Å²) in [7, 11) is 0. The van der Waals surface area contributed by atoms with Crippen LogP contribution in [0.25, 0.3) is 0 Å². The summed E-state index contributed by atoms with van der Waals surface area (Å²) < 4.78 is 16.0. The second kappa shape index (κ2) is 7.59. The topological polar surface area (TPSA) is 93.6 Å². The van der Waals surface area contributed by atoms with Gasteiger partial charge < -0.3 is 19.0 Å². The maximum absolute atomic E-state index is 12.3. The molecule has 130 valence electrons. The van der Waals surface area contributed by atoms with Gasteiger partial charge in [0.1, 0.15) is 18.1 Å². The predicted octanol–water partition coefficient (Wildman–Crippen LogP) is 1.55. The highest BCUT2D eigenvalue weighted by Crippen LogP contribution is 2.15. The summed E-state index contributed by atoms with van der Waals surface area (Å²) in [6.07, 6.45) is 2.17. The second-order valence-corrected chi connectivity index (χ2v) is 5.79. The van der Waals surface area contributed by atoms with Crippen LogP contribution >= 0.6 is 0 Å². The minimum absolute atomic E-state index is 0.226. The molecule has 3 heterocycles. The van der Waals surface area contributed by atoms with Crippen molar-refractivity contribution in [3.05, 3.63) is 35.4 Å². The van der Waals surface area contributed by atoms with E-state index in [1.807, 2.05) is 6.92 Å². The zero-order valence-electron chi connectivity index (χ0n) is 13.9. The number of aryl methyl sites for hydroxylation is 1. The Labute approximate surface area is 140 Å². The van der Waals surface area contributed by atoms with Crippen LogP contribution in [0.3, 0.4) is 0 Å². The van der Waals surface area contributed by atoms with E-state index in [4.69, 9.17) is 13.7 Å². The highest BCUT2D eigenvalue weighted by Gasteiger charge is 2.19. The standard InChI is InChI=1S/C16H22N4O4/c1-3-14-18-16(24-19-14)11(2)17-15(21)12-8-13(23-10-12)9-20-4-6-22-7-5-20/h8,10-11H,3-7,9H2,1-2H3,(H,17,21). The number of ether oxygens (including phenoxy) is 1. The molecule has 0 spiro atoms. The van der Waals surface area contributed by atoms with E-state index in [0.717, 1.165) is 32.1 Å². The molecule has 1 aliphatic rings. The van der Waals surface area contributed by atoms with Crippen molar-refractivity contribution in [3.63, 3.8) is 0 Å². The molecule has 3 rings (SSSR count). The third-order valence-corrected chi connectivity index (χ3v) is 3.92. The molecule has 0 radical (unpaired) electrons. The first kappa shape index (κ1) is 16.7. The van der Waals surface area contributed by atoms with Crippen molar-refractivity contribution >= 4 is 5.91 Å². The Balaban J connectivity index is 1.56. The van der Waals surface area contributed by atoms with Gasteiger partial charge in [0.05, 0.1) is 25.3 Å². The summed E-state index contributed by atoms with van der Waals surface area (Å²) in [5.41, 5.74) is 0.486. The van der Waals surface area contributed by atoms with E-state index in [9.17, 15) is 4.79 Å². The number of carbonyl (C=O) groups excluding carboxylic acids is 1. The van der Waals surface area contributed by atoms with E-state index >= 15 is 0 Å². The van der Waals surface area contributed by atoms with Crippen LogP contribution in [0.4, 0.5) is 0 Å². The molecule has 1 amide bonds. The highest BCUT2D eigenvalue weighted by molar-refractivity contribution is 5.94. The lowest BCUT2D eigenvalue weighted by atomic mass is 10.2. The van der Waals surface area contributed by atoms with Gasteiger partial charge >= 0.3 is 0 Å². The van der Waals surface area contributed by atoms with Crippen molar-refractivity contribution in [3.8, 4) is 0 Å². The van der Waals surface area contributed by atoms with Crippen LogP contribution in [0.1, 0.15) is 47.7 Å². The van der Waals surface area contributed by atoms with Gasteiger partial charge in [-0.15, -0.1) is 0 Å². The molecule has 0 aliphatic carbocycles. The minimum Gasteiger partial charge on any atom is -0.467 e. The SMILES string of the molecule is CCc1noc(C(C)NC(=O)c2coc(CN3CCOCC3)c2)n1. The molecule has 0 saturated carbocycles. The molecule has 1 atom stereocenters. The lowest BCUT2D eigenvalue weighted by Crippen LogP contribution is -2.35. The molecule has 8 nitrogen and oxygen atoms in total. The second-order valence-electron chi connectivity index (χ2n) is 5.79. The normalized spacial score (nSPS) is 16.9. The largest absolute Gasteiger partial charge is 0.467 e. The number of rotatable bonds is 6. The summed E-state index contributed by atoms with van der Waals surface area (Å²) in [5, 5.41) is 6.67. The van der Waals surface area contributed by atoms with Gasteiger partial charge in [-0.05, 0) is 13.0 Å². The summed E-state index contributed by atoms with van der Waals surface area (Å²) in [4.78, 5) is 18.8. The van der Waals surface area contributed by atoms with Crippen LogP contribution in [0.15, 0.2) is 21.3 Å². The van der Waals surface area contributed by atoms with E-state index in [2.05, 4.69) is 20.4 Å². The molecule has 1 N–H and O–H groups in total. The number of furan rings is 1. The van der Waals surface area contributed by atoms with Crippen LogP contribution in [0.5, 0.6) is 0 Å². The monoisotopic (exact) mass is 334 g/mol. The quantitative estimate of drug-likeness (QED) is 0.856. The van der Waals surface area contributed by atoms with Gasteiger partial charge in [0.2, 0.25) is 5.89 Å². The Morgan fingerprint density at radius 2 is 2.21 bits per heavy atom. The first-order valence-corrected chi connectivity index (χ1v) is 8.16. The van der Waals surface area contributed by atoms with E-state index < -0.39 is 0 Å². The third-order valence-electron chi connectivity index (χ3n) is 3.92. The third kappa shape index (κ3) is 4.01. The molecule has 0 bridgehead atoms. The Kier molecular flexibility index (Phi) is 5.27. The van der Waals surface area contributed by atoms with Crippen LogP contribution in [0.2, 0.25) is 0 Å². The summed E-state index contributed by atoms with van der Waals surface area (Å²) >= 11 is 0. The number of nitrogens with zero attached hydrogens (tertiary/aromatic N) is 3. The fraction of sp³-hybridized carbons (Fsp3) is 0.562. The molecule has 24 heavy (non-hydrogen) atoms. The molecule has 1 unspecified atom stereocenters. The van der Waals surface area contributed by atoms with Gasteiger partial charge in [0.25, 0.3) is 5.91 Å². The zero-order valence-corrected chi connectivity index (χ0v) is 13.9. The Morgan fingerprint density at radius 1 is 1.42 bits per heavy atom. The van der Waals surface area contributed by atoms with Crippen LogP contribution in [-0.4, -0.2) is 47.3 Å². The van der Waals surface area contributed by atoms with Gasteiger partial charge in [-0.1, -0.05) is 12.1 Å². The average Bonchev–Trinajstić information content (AvgIpc) is 3.25. The Hall–Kier alpha value is -2.19. The lowest BCUT2D eigenvalue weighted by molar-refractivity contribution is 0.0313. The molecule has 1 aliphatic heterocycles. The molecule has 8 heteroatoms. The van der Waals surface area contributed by atoms with Crippen molar-refractivity contribution in [1.82, 2.24) is 20.4 Å². The first-order chi connectivity index (χ1) is 11.7. The van der Waals surface area contributed by atoms with Crippen LogP contribution < -0.4 is 5.32 Å². The number of carbonyl (C=O) groups is 1. The van der Waals surface area contributed by atoms with E-state index in [-0.39, 0.29) is 11.9 Å². The zero-order chi connectivity index (χ0) is 16.9. The minimum atomic E-state index is -0.358. The number of hydrogen-bond acceptors (Lipinski definition) is 7. The van der Waals surface area contributed by atoms with Gasteiger partial charge in [0, 0.05) is 19.5 Å². The average molecular weight is 334 g/mol. The van der Waals surface area contributed by atoms with E-state index in [1.165, 1.54) is 6.26 Å². The van der Waals surface area contributed by atoms with E-state index in [1.54, 1.807) is 13.0 Å². The van der Waals surface area contributed by atoms with Crippen molar-refractivity contribution in [2.24, 2.45) is 0 Å². The van der Waals surface area contributed by atoms with Gasteiger partial charge in [-0.2, -0.15) is 4.98 Å². The maximum atomic E-state index is 12.3. The molecule has 0 aromatic carbocycles. The predicted molar refractivity (Wildman–Crippen MR) is 84.4 cm³/mol. The van der Waals surface area contributed by atoms with Crippen LogP contribution in [-0.2, 0) is 17.7 Å². The van der Waals surface area contributed by atoms with Crippen molar-refractivity contribution < 1.29 is 18.5 Å². The van der Waals surface area contributed by atoms with Crippen molar-refractivity contribution in [2.75, 3.05) is 26.3 Å². The molecular formula is C16H22N4O4. The smallest absolute Gasteiger partial charge is 0.255 e. The molecule has 1 saturated heterocycles. The summed E-state index contributed by atoms with van der Waals surface area (Å²) in [5.74, 6) is 1.57. The molecular weight excluding hydrogens is 312 g/mol. The Morgan fingerprint density at radius 3 is 2.92 bits per heavy atom. The number of aromatic nitrogens is 2. The van der Waals surface area contributed by atoms with Gasteiger partial charge in [0.15, 0.2) is 5.82 Å². The number of nitrogens with one attached hydrogen (secondary N) is 1. The molecule has 1 fully saturated rings. The molecule has 2 aromatic rings. The maximum Gasteiger partial charge on any atom is 0.255 e.